The molecule has 7 heteroatoms. The van der Waals surface area contributed by atoms with E-state index in [-0.39, 0.29) is 5.91 Å². The molecule has 0 spiro atoms. The van der Waals surface area contributed by atoms with E-state index in [0.717, 1.165) is 0 Å². The Bertz CT molecular complexity index is 772. The second kappa shape index (κ2) is 6.04. The number of aliphatic carboxylic acids is 1. The molecule has 1 aromatic carbocycles. The summed E-state index contributed by atoms with van der Waals surface area (Å²) in [5.74, 6) is -1.27. The van der Waals surface area contributed by atoms with E-state index in [4.69, 9.17) is 11.6 Å². The van der Waals surface area contributed by atoms with Crippen molar-refractivity contribution in [3.63, 3.8) is 0 Å². The zero-order valence-corrected chi connectivity index (χ0v) is 13.3. The summed E-state index contributed by atoms with van der Waals surface area (Å²) in [6.45, 7) is 2.22. The fourth-order valence-corrected chi connectivity index (χ4v) is 3.12. The third-order valence-corrected chi connectivity index (χ3v) is 4.44. The molecule has 1 aromatic heterocycles. The van der Waals surface area contributed by atoms with Crippen LogP contribution in [-0.4, -0.2) is 44.3 Å². The number of hydrogen-bond acceptors (Lipinski definition) is 3. The molecule has 0 saturated carbocycles. The first-order valence-corrected chi connectivity index (χ1v) is 7.72. The van der Waals surface area contributed by atoms with E-state index < -0.39 is 12.0 Å². The van der Waals surface area contributed by atoms with Gasteiger partial charge in [0.25, 0.3) is 5.91 Å². The highest BCUT2D eigenvalue weighted by Gasteiger charge is 2.35. The Morgan fingerprint density at radius 2 is 2.09 bits per heavy atom. The first-order chi connectivity index (χ1) is 11.0. The molecule has 3 rings (SSSR count). The van der Waals surface area contributed by atoms with Gasteiger partial charge in [-0.2, -0.15) is 5.10 Å². The summed E-state index contributed by atoms with van der Waals surface area (Å²) >= 11 is 6.18. The van der Waals surface area contributed by atoms with Crippen LogP contribution < -0.4 is 0 Å². The highest BCUT2D eigenvalue weighted by atomic mass is 35.5. The van der Waals surface area contributed by atoms with Crippen LogP contribution in [-0.2, 0) is 4.79 Å². The van der Waals surface area contributed by atoms with Gasteiger partial charge >= 0.3 is 5.97 Å². The summed E-state index contributed by atoms with van der Waals surface area (Å²) in [6, 6.07) is 6.46. The van der Waals surface area contributed by atoms with Crippen LogP contribution in [0.25, 0.3) is 5.69 Å². The number of hydrogen-bond donors (Lipinski definition) is 1. The first-order valence-electron chi connectivity index (χ1n) is 7.34. The van der Waals surface area contributed by atoms with Crippen molar-refractivity contribution in [3.05, 3.63) is 46.7 Å². The van der Waals surface area contributed by atoms with E-state index in [9.17, 15) is 14.7 Å². The van der Waals surface area contributed by atoms with Crippen molar-refractivity contribution in [3.8, 4) is 5.69 Å². The second-order valence-electron chi connectivity index (χ2n) is 5.50. The van der Waals surface area contributed by atoms with Gasteiger partial charge in [-0.1, -0.05) is 23.7 Å². The van der Waals surface area contributed by atoms with Crippen LogP contribution in [0.4, 0.5) is 0 Å². The standard InChI is InChI=1S/C16H16ClN3O3/c1-10-11(15(21)19-8-4-7-14(19)16(22)23)9-18-20(10)13-6-3-2-5-12(13)17/h2-3,5-6,9,14H,4,7-8H2,1H3,(H,22,23). The molecule has 1 saturated heterocycles. The minimum atomic E-state index is -0.966. The molecule has 0 aliphatic carbocycles. The summed E-state index contributed by atoms with van der Waals surface area (Å²) in [7, 11) is 0. The predicted octanol–water partition coefficient (Wildman–Crippen LogP) is 2.52. The number of rotatable bonds is 3. The van der Waals surface area contributed by atoms with Gasteiger partial charge in [0, 0.05) is 6.54 Å². The average Bonchev–Trinajstić information content (AvgIpc) is 3.14. The molecule has 6 nitrogen and oxygen atoms in total. The minimum Gasteiger partial charge on any atom is -0.480 e. The van der Waals surface area contributed by atoms with Crippen LogP contribution >= 0.6 is 11.6 Å². The lowest BCUT2D eigenvalue weighted by Gasteiger charge is -2.21. The summed E-state index contributed by atoms with van der Waals surface area (Å²) in [5, 5.41) is 14.0. The maximum atomic E-state index is 12.7. The van der Waals surface area contributed by atoms with Crippen molar-refractivity contribution in [2.75, 3.05) is 6.54 Å². The Kier molecular flexibility index (Phi) is 4.09. The van der Waals surface area contributed by atoms with Gasteiger partial charge in [0.2, 0.25) is 0 Å². The molecule has 23 heavy (non-hydrogen) atoms. The molecule has 1 N–H and O–H groups in total. The van der Waals surface area contributed by atoms with Crippen LogP contribution in [0.5, 0.6) is 0 Å². The van der Waals surface area contributed by atoms with Crippen molar-refractivity contribution in [2.24, 2.45) is 0 Å². The number of benzene rings is 1. The van der Waals surface area contributed by atoms with E-state index in [1.54, 1.807) is 17.7 Å². The van der Waals surface area contributed by atoms with Crippen molar-refractivity contribution in [2.45, 2.75) is 25.8 Å². The quantitative estimate of drug-likeness (QED) is 0.936. The number of likely N-dealkylation sites (tertiary alicyclic amines) is 1. The largest absolute Gasteiger partial charge is 0.480 e. The highest BCUT2D eigenvalue weighted by Crippen LogP contribution is 2.25. The van der Waals surface area contributed by atoms with E-state index in [1.165, 1.54) is 11.1 Å². The molecule has 1 fully saturated rings. The number of carbonyl (C=O) groups is 2. The summed E-state index contributed by atoms with van der Waals surface area (Å²) in [4.78, 5) is 25.4. The van der Waals surface area contributed by atoms with Crippen molar-refractivity contribution in [1.29, 1.82) is 0 Å². The third kappa shape index (κ3) is 2.70. The molecule has 1 aliphatic rings. The number of aromatic nitrogens is 2. The number of halogens is 1. The Morgan fingerprint density at radius 3 is 2.78 bits per heavy atom. The summed E-state index contributed by atoms with van der Waals surface area (Å²) in [5.41, 5.74) is 1.72. The van der Waals surface area contributed by atoms with Gasteiger partial charge in [-0.25, -0.2) is 9.48 Å². The summed E-state index contributed by atoms with van der Waals surface area (Å²) in [6.07, 6.45) is 2.65. The molecule has 120 valence electrons. The molecule has 1 amide bonds. The van der Waals surface area contributed by atoms with Gasteiger partial charge < -0.3 is 10.0 Å². The van der Waals surface area contributed by atoms with E-state index in [2.05, 4.69) is 5.10 Å². The maximum absolute atomic E-state index is 12.7. The first kappa shape index (κ1) is 15.6. The molecule has 2 aromatic rings. The molecule has 1 unspecified atom stereocenters. The van der Waals surface area contributed by atoms with Crippen molar-refractivity contribution >= 4 is 23.5 Å². The highest BCUT2D eigenvalue weighted by molar-refractivity contribution is 6.32. The lowest BCUT2D eigenvalue weighted by molar-refractivity contribution is -0.141. The smallest absolute Gasteiger partial charge is 0.326 e. The van der Waals surface area contributed by atoms with E-state index in [0.29, 0.717) is 41.4 Å². The van der Waals surface area contributed by atoms with Crippen LogP contribution in [0.2, 0.25) is 5.02 Å². The number of para-hydroxylation sites is 1. The van der Waals surface area contributed by atoms with Crippen molar-refractivity contribution < 1.29 is 14.7 Å². The molecule has 1 atom stereocenters. The normalized spacial score (nSPS) is 17.5. The molecular weight excluding hydrogens is 318 g/mol. The SMILES string of the molecule is Cc1c(C(=O)N2CCCC2C(=O)O)cnn1-c1ccccc1Cl. The molecule has 2 heterocycles. The Morgan fingerprint density at radius 1 is 1.35 bits per heavy atom. The van der Waals surface area contributed by atoms with Gasteiger partial charge in [0.05, 0.1) is 28.2 Å². The predicted molar refractivity (Wildman–Crippen MR) is 85.0 cm³/mol. The summed E-state index contributed by atoms with van der Waals surface area (Å²) < 4.78 is 1.60. The van der Waals surface area contributed by atoms with Gasteiger partial charge in [0.1, 0.15) is 6.04 Å². The van der Waals surface area contributed by atoms with Gasteiger partial charge in [-0.15, -0.1) is 0 Å². The van der Waals surface area contributed by atoms with E-state index in [1.807, 2.05) is 18.2 Å². The lowest BCUT2D eigenvalue weighted by Crippen LogP contribution is -2.40. The van der Waals surface area contributed by atoms with Gasteiger partial charge in [-0.05, 0) is 31.9 Å². The zero-order valence-electron chi connectivity index (χ0n) is 12.6. The van der Waals surface area contributed by atoms with Crippen LogP contribution in [0.3, 0.4) is 0 Å². The van der Waals surface area contributed by atoms with Gasteiger partial charge in [-0.3, -0.25) is 4.79 Å². The number of carboxylic acids is 1. The van der Waals surface area contributed by atoms with E-state index >= 15 is 0 Å². The van der Waals surface area contributed by atoms with Crippen LogP contribution in [0.1, 0.15) is 28.9 Å². The minimum absolute atomic E-state index is 0.300. The number of nitrogens with zero attached hydrogens (tertiary/aromatic N) is 3. The number of amides is 1. The zero-order chi connectivity index (χ0) is 16.6. The third-order valence-electron chi connectivity index (χ3n) is 4.12. The van der Waals surface area contributed by atoms with Crippen LogP contribution in [0.15, 0.2) is 30.5 Å². The monoisotopic (exact) mass is 333 g/mol. The fourth-order valence-electron chi connectivity index (χ4n) is 2.91. The second-order valence-corrected chi connectivity index (χ2v) is 5.91. The lowest BCUT2D eigenvalue weighted by atomic mass is 10.2. The van der Waals surface area contributed by atoms with Crippen LogP contribution in [0, 0.1) is 6.92 Å². The van der Waals surface area contributed by atoms with Crippen molar-refractivity contribution in [1.82, 2.24) is 14.7 Å². The maximum Gasteiger partial charge on any atom is 0.326 e. The molecule has 0 bridgehead atoms. The topological polar surface area (TPSA) is 75.4 Å². The Labute approximate surface area is 138 Å². The molecular formula is C16H16ClN3O3. The number of carbonyl (C=O) groups excluding carboxylic acids is 1. The Balaban J connectivity index is 1.95. The molecule has 0 radical (unpaired) electrons. The van der Waals surface area contributed by atoms with Gasteiger partial charge in [0.15, 0.2) is 0 Å². The fraction of sp³-hybridized carbons (Fsp3) is 0.312. The molecule has 1 aliphatic heterocycles. The average molecular weight is 334 g/mol. The Hall–Kier alpha value is -2.34. The number of carboxylic acid groups (broad SMARTS) is 1.